The Morgan fingerprint density at radius 1 is 1.53 bits per heavy atom. The molecule has 0 bridgehead atoms. The number of carbonyl (C=O) groups excluding carboxylic acids is 1. The van der Waals surface area contributed by atoms with Crippen molar-refractivity contribution in [1.82, 2.24) is 15.0 Å². The highest BCUT2D eigenvalue weighted by atomic mass is 16.1. The Hall–Kier alpha value is -1.19. The number of hydrogen-bond acceptors (Lipinski definition) is 3. The van der Waals surface area contributed by atoms with Crippen LogP contribution in [0.2, 0.25) is 0 Å². The molecule has 0 aliphatic heterocycles. The summed E-state index contributed by atoms with van der Waals surface area (Å²) in [7, 11) is 1.87. The number of aryl methyl sites for hydroxylation is 1. The first-order chi connectivity index (χ1) is 7.24. The lowest BCUT2D eigenvalue weighted by Crippen LogP contribution is -2.08. The van der Waals surface area contributed by atoms with Gasteiger partial charge < -0.3 is 0 Å². The maximum atomic E-state index is 11.4. The van der Waals surface area contributed by atoms with Crippen LogP contribution in [0.5, 0.6) is 0 Å². The third kappa shape index (κ3) is 2.88. The molecule has 0 saturated heterocycles. The lowest BCUT2D eigenvalue weighted by atomic mass is 9.95. The smallest absolute Gasteiger partial charge is 0.133 e. The van der Waals surface area contributed by atoms with Crippen LogP contribution in [0.15, 0.2) is 6.20 Å². The minimum atomic E-state index is 0.418. The Balaban J connectivity index is 1.95. The molecule has 0 radical (unpaired) electrons. The van der Waals surface area contributed by atoms with E-state index in [2.05, 4.69) is 10.3 Å². The van der Waals surface area contributed by atoms with Crippen molar-refractivity contribution in [3.63, 3.8) is 0 Å². The zero-order valence-electron chi connectivity index (χ0n) is 9.15. The number of carbonyl (C=O) groups is 1. The Bertz CT molecular complexity index is 345. The summed E-state index contributed by atoms with van der Waals surface area (Å²) in [5, 5.41) is 7.97. The summed E-state index contributed by atoms with van der Waals surface area (Å²) in [6.07, 6.45) is 7.75. The molecule has 0 N–H and O–H groups in total. The number of aromatic nitrogens is 3. The van der Waals surface area contributed by atoms with Gasteiger partial charge in [-0.15, -0.1) is 5.10 Å². The van der Waals surface area contributed by atoms with Crippen LogP contribution in [0.1, 0.15) is 37.8 Å². The quantitative estimate of drug-likeness (QED) is 0.690. The van der Waals surface area contributed by atoms with E-state index in [1.54, 1.807) is 4.68 Å². The first-order valence-corrected chi connectivity index (χ1v) is 5.61. The molecular weight excluding hydrogens is 190 g/mol. The molecule has 0 spiro atoms. The fraction of sp³-hybridized carbons (Fsp3) is 0.727. The van der Waals surface area contributed by atoms with Gasteiger partial charge in [0.1, 0.15) is 5.78 Å². The summed E-state index contributed by atoms with van der Waals surface area (Å²) in [5.41, 5.74) is 1.01. The highest BCUT2D eigenvalue weighted by Gasteiger charge is 2.18. The maximum absolute atomic E-state index is 11.4. The molecule has 1 fully saturated rings. The Morgan fingerprint density at radius 2 is 2.40 bits per heavy atom. The van der Waals surface area contributed by atoms with Gasteiger partial charge in [0.05, 0.1) is 5.69 Å². The van der Waals surface area contributed by atoms with Crippen molar-refractivity contribution in [2.45, 2.75) is 38.5 Å². The lowest BCUT2D eigenvalue weighted by molar-refractivity contribution is -0.119. The molecule has 15 heavy (non-hydrogen) atoms. The predicted molar refractivity (Wildman–Crippen MR) is 56.3 cm³/mol. The molecule has 1 aliphatic carbocycles. The van der Waals surface area contributed by atoms with E-state index in [1.165, 1.54) is 6.42 Å². The molecule has 1 aromatic heterocycles. The first kappa shape index (κ1) is 10.3. The fourth-order valence-electron chi connectivity index (χ4n) is 2.24. The molecule has 4 heteroatoms. The maximum Gasteiger partial charge on any atom is 0.133 e. The largest absolute Gasteiger partial charge is 0.300 e. The topological polar surface area (TPSA) is 47.8 Å². The van der Waals surface area contributed by atoms with E-state index in [9.17, 15) is 4.79 Å². The zero-order chi connectivity index (χ0) is 10.7. The molecule has 1 aliphatic rings. The molecule has 1 aromatic rings. The van der Waals surface area contributed by atoms with Crippen LogP contribution >= 0.6 is 0 Å². The van der Waals surface area contributed by atoms with Gasteiger partial charge in [-0.25, -0.2) is 0 Å². The average Bonchev–Trinajstić information content (AvgIpc) is 2.46. The molecule has 2 rings (SSSR count). The van der Waals surface area contributed by atoms with Crippen LogP contribution in [0, 0.1) is 5.92 Å². The number of hydrogen-bond donors (Lipinski definition) is 0. The van der Waals surface area contributed by atoms with Crippen LogP contribution in [0.25, 0.3) is 0 Å². The van der Waals surface area contributed by atoms with Gasteiger partial charge in [-0.2, -0.15) is 0 Å². The van der Waals surface area contributed by atoms with E-state index in [4.69, 9.17) is 0 Å². The predicted octanol–water partition coefficient (Wildman–Crippen LogP) is 1.51. The Labute approximate surface area is 89.7 Å². The van der Waals surface area contributed by atoms with Gasteiger partial charge in [-0.3, -0.25) is 9.48 Å². The van der Waals surface area contributed by atoms with Gasteiger partial charge in [0, 0.05) is 26.1 Å². The molecule has 1 unspecified atom stereocenters. The second-order valence-corrected chi connectivity index (χ2v) is 4.44. The SMILES string of the molecule is Cn1cc(CC2CCCCC(=O)C2)nn1. The highest BCUT2D eigenvalue weighted by molar-refractivity contribution is 5.78. The minimum Gasteiger partial charge on any atom is -0.300 e. The molecule has 82 valence electrons. The van der Waals surface area contributed by atoms with Crippen molar-refractivity contribution in [3.05, 3.63) is 11.9 Å². The molecule has 1 atom stereocenters. The van der Waals surface area contributed by atoms with E-state index in [0.29, 0.717) is 11.7 Å². The minimum absolute atomic E-state index is 0.418. The number of rotatable bonds is 2. The van der Waals surface area contributed by atoms with Gasteiger partial charge in [0.15, 0.2) is 0 Å². The van der Waals surface area contributed by atoms with E-state index >= 15 is 0 Å². The van der Waals surface area contributed by atoms with E-state index in [0.717, 1.165) is 37.8 Å². The summed E-state index contributed by atoms with van der Waals surface area (Å²) < 4.78 is 1.72. The molecule has 0 aromatic carbocycles. The summed E-state index contributed by atoms with van der Waals surface area (Å²) in [5.74, 6) is 0.901. The molecule has 1 saturated carbocycles. The zero-order valence-corrected chi connectivity index (χ0v) is 9.15. The van der Waals surface area contributed by atoms with Crippen molar-refractivity contribution in [2.24, 2.45) is 13.0 Å². The normalized spacial score (nSPS) is 22.7. The van der Waals surface area contributed by atoms with Gasteiger partial charge in [-0.1, -0.05) is 11.6 Å². The van der Waals surface area contributed by atoms with Crippen molar-refractivity contribution in [2.75, 3.05) is 0 Å². The Kier molecular flexibility index (Phi) is 3.14. The van der Waals surface area contributed by atoms with Crippen LogP contribution in [0.4, 0.5) is 0 Å². The summed E-state index contributed by atoms with van der Waals surface area (Å²) >= 11 is 0. The molecule has 1 heterocycles. The van der Waals surface area contributed by atoms with Crippen LogP contribution in [-0.2, 0) is 18.3 Å². The molecule has 4 nitrogen and oxygen atoms in total. The van der Waals surface area contributed by atoms with Crippen molar-refractivity contribution >= 4 is 5.78 Å². The lowest BCUT2D eigenvalue weighted by Gasteiger charge is -2.10. The van der Waals surface area contributed by atoms with Gasteiger partial charge in [-0.05, 0) is 25.2 Å². The highest BCUT2D eigenvalue weighted by Crippen LogP contribution is 2.23. The average molecular weight is 207 g/mol. The van der Waals surface area contributed by atoms with Crippen molar-refractivity contribution < 1.29 is 4.79 Å². The first-order valence-electron chi connectivity index (χ1n) is 5.61. The van der Waals surface area contributed by atoms with E-state index in [1.807, 2.05) is 13.2 Å². The van der Waals surface area contributed by atoms with Gasteiger partial charge in [0.25, 0.3) is 0 Å². The van der Waals surface area contributed by atoms with Crippen LogP contribution in [0.3, 0.4) is 0 Å². The number of ketones is 1. The van der Waals surface area contributed by atoms with Gasteiger partial charge >= 0.3 is 0 Å². The summed E-state index contributed by atoms with van der Waals surface area (Å²) in [6, 6.07) is 0. The standard InChI is InChI=1S/C11H17N3O/c1-14-8-10(12-13-14)6-9-4-2-3-5-11(15)7-9/h8-9H,2-7H2,1H3. The molecular formula is C11H17N3O. The van der Waals surface area contributed by atoms with Crippen LogP contribution in [-0.4, -0.2) is 20.8 Å². The number of nitrogens with zero attached hydrogens (tertiary/aromatic N) is 3. The monoisotopic (exact) mass is 207 g/mol. The summed E-state index contributed by atoms with van der Waals surface area (Å²) in [6.45, 7) is 0. The Morgan fingerprint density at radius 3 is 3.13 bits per heavy atom. The third-order valence-corrected chi connectivity index (χ3v) is 2.98. The van der Waals surface area contributed by atoms with Crippen molar-refractivity contribution in [3.8, 4) is 0 Å². The van der Waals surface area contributed by atoms with Crippen LogP contribution < -0.4 is 0 Å². The third-order valence-electron chi connectivity index (χ3n) is 2.98. The second kappa shape index (κ2) is 4.55. The van der Waals surface area contributed by atoms with Gasteiger partial charge in [0.2, 0.25) is 0 Å². The second-order valence-electron chi connectivity index (χ2n) is 4.44. The van der Waals surface area contributed by atoms with Crippen molar-refractivity contribution in [1.29, 1.82) is 0 Å². The fourth-order valence-corrected chi connectivity index (χ4v) is 2.24. The van der Waals surface area contributed by atoms with E-state index in [-0.39, 0.29) is 0 Å². The molecule has 0 amide bonds. The number of Topliss-reactive ketones (excluding diaryl/α,β-unsaturated/α-hetero) is 1. The van der Waals surface area contributed by atoms with E-state index < -0.39 is 0 Å². The summed E-state index contributed by atoms with van der Waals surface area (Å²) in [4.78, 5) is 11.4.